The fraction of sp³-hybridized carbons (Fsp3) is 0.538. The van der Waals surface area contributed by atoms with E-state index in [2.05, 4.69) is 6.58 Å². The number of unbranched alkanes of at least 4 members (excludes halogenated alkanes) is 2. The van der Waals surface area contributed by atoms with Crippen molar-refractivity contribution in [1.82, 2.24) is 10.0 Å². The number of hydrogen-bond donors (Lipinski definition) is 0. The minimum absolute atomic E-state index is 0.0299. The number of fused-ring (bicyclic) bond motifs is 1. The van der Waals surface area contributed by atoms with Crippen LogP contribution in [0.3, 0.4) is 0 Å². The summed E-state index contributed by atoms with van der Waals surface area (Å²) in [4.78, 5) is 102. The summed E-state index contributed by atoms with van der Waals surface area (Å²) in [7, 11) is 0. The summed E-state index contributed by atoms with van der Waals surface area (Å²) in [6, 6.07) is 2.75. The van der Waals surface area contributed by atoms with E-state index in [1.807, 2.05) is 13.8 Å². The monoisotopic (exact) mass is 834 g/mol. The quantitative estimate of drug-likeness (QED) is 0.0378. The first-order chi connectivity index (χ1) is 27.0. The summed E-state index contributed by atoms with van der Waals surface area (Å²) >= 11 is 2.02. The van der Waals surface area contributed by atoms with Crippen LogP contribution in [-0.4, -0.2) is 97.2 Å². The number of rotatable bonds is 21. The molecular formula is C39H50N2O14S2. The van der Waals surface area contributed by atoms with Gasteiger partial charge < -0.3 is 28.4 Å². The van der Waals surface area contributed by atoms with Gasteiger partial charge in [0.05, 0.1) is 45.1 Å². The molecule has 0 N–H and O–H groups in total. The maximum absolute atomic E-state index is 13.8. The van der Waals surface area contributed by atoms with Gasteiger partial charge in [-0.2, -0.15) is 0 Å². The number of carbonyl (C=O) groups excluding carboxylic acids is 8. The second-order valence-electron chi connectivity index (χ2n) is 13.8. The Labute approximate surface area is 340 Å². The molecule has 0 saturated carbocycles. The minimum atomic E-state index is -0.796. The van der Waals surface area contributed by atoms with Gasteiger partial charge in [-0.05, 0) is 52.7 Å². The van der Waals surface area contributed by atoms with Crippen molar-refractivity contribution in [3.8, 4) is 11.5 Å². The standard InChI is InChI=1S/C39H50N2O14S2/c1-8-10-18-40-34(46)31(35(47)41(40)19-11-9-2)37-56-32-25(54-29(44)16-14-27(42)50-20-22-52-36(48)24(3)4)12-13-26(33(32)57-37)55-30(45)17-15-28(43)51-21-23-53-38(49)39(5,6)7/h12-13H,3,8-11,14-23H2,1-2,4-7H3. The number of hydrazine groups is 1. The van der Waals surface area contributed by atoms with Gasteiger partial charge in [0, 0.05) is 18.7 Å². The molecule has 1 aromatic carbocycles. The van der Waals surface area contributed by atoms with Crippen LogP contribution in [0.4, 0.5) is 0 Å². The summed E-state index contributed by atoms with van der Waals surface area (Å²) in [5, 5.41) is 2.90. The predicted octanol–water partition coefficient (Wildman–Crippen LogP) is 5.45. The van der Waals surface area contributed by atoms with Crippen LogP contribution in [-0.2, 0) is 57.3 Å². The van der Waals surface area contributed by atoms with Gasteiger partial charge in [-0.15, -0.1) is 0 Å². The Morgan fingerprint density at radius 3 is 1.46 bits per heavy atom. The molecule has 0 radical (unpaired) electrons. The molecule has 0 bridgehead atoms. The highest BCUT2D eigenvalue weighted by molar-refractivity contribution is 8.25. The lowest BCUT2D eigenvalue weighted by atomic mass is 9.97. The largest absolute Gasteiger partial charge is 0.462 e. The normalized spacial score (nSPS) is 13.6. The van der Waals surface area contributed by atoms with Crippen LogP contribution in [0.25, 0.3) is 0 Å². The minimum Gasteiger partial charge on any atom is -0.462 e. The van der Waals surface area contributed by atoms with Crippen LogP contribution >= 0.6 is 23.5 Å². The van der Waals surface area contributed by atoms with Crippen molar-refractivity contribution in [2.75, 3.05) is 39.5 Å². The molecule has 0 atom stereocenters. The highest BCUT2D eigenvalue weighted by Gasteiger charge is 2.44. The third-order valence-corrected chi connectivity index (χ3v) is 10.5. The van der Waals surface area contributed by atoms with Crippen LogP contribution in [0.15, 0.2) is 43.9 Å². The number of thioether (sulfide) groups is 2. The van der Waals surface area contributed by atoms with Crippen LogP contribution < -0.4 is 9.47 Å². The lowest BCUT2D eigenvalue weighted by Crippen LogP contribution is -2.42. The number of hydrogen-bond acceptors (Lipinski definition) is 16. The molecule has 0 aromatic heterocycles. The molecular weight excluding hydrogens is 785 g/mol. The average Bonchev–Trinajstić information content (AvgIpc) is 3.69. The van der Waals surface area contributed by atoms with E-state index in [1.165, 1.54) is 29.1 Å². The summed E-state index contributed by atoms with van der Waals surface area (Å²) < 4.78 is 31.5. The van der Waals surface area contributed by atoms with Crippen molar-refractivity contribution in [2.24, 2.45) is 5.41 Å². The lowest BCUT2D eigenvalue weighted by molar-refractivity contribution is -0.158. The summed E-state index contributed by atoms with van der Waals surface area (Å²) in [5.41, 5.74) is -0.579. The smallest absolute Gasteiger partial charge is 0.333 e. The van der Waals surface area contributed by atoms with Gasteiger partial charge in [0.1, 0.15) is 43.5 Å². The van der Waals surface area contributed by atoms with Crippen LogP contribution in [0.2, 0.25) is 0 Å². The van der Waals surface area contributed by atoms with Gasteiger partial charge in [0.15, 0.2) is 0 Å². The highest BCUT2D eigenvalue weighted by atomic mass is 32.2. The number of nitrogens with zero attached hydrogens (tertiary/aromatic N) is 2. The number of amides is 2. The van der Waals surface area contributed by atoms with E-state index in [9.17, 15) is 38.4 Å². The Bertz CT molecular complexity index is 1740. The van der Waals surface area contributed by atoms with E-state index in [0.29, 0.717) is 40.0 Å². The Kier molecular flexibility index (Phi) is 18.1. The zero-order valence-corrected chi connectivity index (χ0v) is 34.8. The molecule has 1 aromatic rings. The molecule has 0 aliphatic carbocycles. The Hall–Kier alpha value is -4.84. The maximum atomic E-state index is 13.8. The second-order valence-corrected chi connectivity index (χ2v) is 16.1. The molecule has 2 amide bonds. The molecule has 0 unspecified atom stereocenters. The lowest BCUT2D eigenvalue weighted by Gasteiger charge is -2.27. The van der Waals surface area contributed by atoms with E-state index in [0.717, 1.165) is 36.4 Å². The SMILES string of the molecule is C=C(C)C(=O)OCCOC(=O)CCC(=O)Oc1ccc(OC(=O)CCC(=O)OCCOC(=O)C(C)(C)C)c2c1SC(=C1C(=O)N(CCCC)N(CCCC)C1=O)S2. The highest BCUT2D eigenvalue weighted by Crippen LogP contribution is 2.59. The van der Waals surface area contributed by atoms with Crippen LogP contribution in [0, 0.1) is 5.41 Å². The van der Waals surface area contributed by atoms with E-state index in [1.54, 1.807) is 20.8 Å². The molecule has 18 heteroatoms. The second kappa shape index (κ2) is 22.2. The Balaban J connectivity index is 1.76. The molecule has 16 nitrogen and oxygen atoms in total. The first-order valence-electron chi connectivity index (χ1n) is 18.6. The van der Waals surface area contributed by atoms with Crippen molar-refractivity contribution in [1.29, 1.82) is 0 Å². The van der Waals surface area contributed by atoms with Crippen molar-refractivity contribution in [3.63, 3.8) is 0 Å². The maximum Gasteiger partial charge on any atom is 0.333 e. The van der Waals surface area contributed by atoms with Crippen LogP contribution in [0.5, 0.6) is 11.5 Å². The van der Waals surface area contributed by atoms with E-state index in [4.69, 9.17) is 28.4 Å². The third kappa shape index (κ3) is 13.9. The van der Waals surface area contributed by atoms with E-state index < -0.39 is 53.0 Å². The van der Waals surface area contributed by atoms with Crippen molar-refractivity contribution < 1.29 is 66.8 Å². The summed E-state index contributed by atoms with van der Waals surface area (Å²) in [6.45, 7) is 13.9. The van der Waals surface area contributed by atoms with Crippen LogP contribution in [0.1, 0.15) is 92.9 Å². The van der Waals surface area contributed by atoms with Gasteiger partial charge in [0.2, 0.25) is 0 Å². The Morgan fingerprint density at radius 1 is 0.649 bits per heavy atom. The average molecular weight is 835 g/mol. The zero-order valence-electron chi connectivity index (χ0n) is 33.2. The molecule has 0 spiro atoms. The fourth-order valence-electron chi connectivity index (χ4n) is 4.81. The van der Waals surface area contributed by atoms with Gasteiger partial charge in [-0.1, -0.05) is 56.8 Å². The first kappa shape index (κ1) is 46.5. The molecule has 312 valence electrons. The van der Waals surface area contributed by atoms with Crippen molar-refractivity contribution in [3.05, 3.63) is 34.1 Å². The predicted molar refractivity (Wildman–Crippen MR) is 206 cm³/mol. The molecule has 2 heterocycles. The van der Waals surface area contributed by atoms with Crippen molar-refractivity contribution >= 4 is 71.2 Å². The summed E-state index contributed by atoms with van der Waals surface area (Å²) in [5.74, 6) is -4.98. The number of benzene rings is 1. The summed E-state index contributed by atoms with van der Waals surface area (Å²) in [6.07, 6.45) is 1.57. The van der Waals surface area contributed by atoms with E-state index >= 15 is 0 Å². The topological polar surface area (TPSA) is 198 Å². The van der Waals surface area contributed by atoms with E-state index in [-0.39, 0.29) is 74.8 Å². The molecule has 3 rings (SSSR count). The first-order valence-corrected chi connectivity index (χ1v) is 20.2. The molecule has 2 aliphatic rings. The zero-order chi connectivity index (χ0) is 42.3. The number of ether oxygens (including phenoxy) is 6. The van der Waals surface area contributed by atoms with Gasteiger partial charge in [-0.3, -0.25) is 33.6 Å². The van der Waals surface area contributed by atoms with Crippen molar-refractivity contribution in [2.45, 2.75) is 103 Å². The van der Waals surface area contributed by atoms with Gasteiger partial charge in [-0.25, -0.2) is 14.8 Å². The number of carbonyl (C=O) groups is 8. The molecule has 2 aliphatic heterocycles. The third-order valence-electron chi connectivity index (χ3n) is 7.90. The molecule has 57 heavy (non-hydrogen) atoms. The molecule has 1 saturated heterocycles. The fourth-order valence-corrected chi connectivity index (χ4v) is 7.46. The van der Waals surface area contributed by atoms with Gasteiger partial charge in [0.25, 0.3) is 11.8 Å². The molecule has 1 fully saturated rings. The Morgan fingerprint density at radius 2 is 1.05 bits per heavy atom. The number of esters is 6. The van der Waals surface area contributed by atoms with Gasteiger partial charge >= 0.3 is 35.8 Å².